The zero-order valence-corrected chi connectivity index (χ0v) is 8.84. The Morgan fingerprint density at radius 3 is 2.85 bits per heavy atom. The topological polar surface area (TPSA) is 42.1 Å². The molecule has 0 aliphatic heterocycles. The summed E-state index contributed by atoms with van der Waals surface area (Å²) in [5.74, 6) is 1.64. The van der Waals surface area contributed by atoms with Crippen molar-refractivity contribution in [3.05, 3.63) is 18.2 Å². The van der Waals surface area contributed by atoms with E-state index >= 15 is 0 Å². The maximum atomic E-state index is 5.56. The van der Waals surface area contributed by atoms with Gasteiger partial charge in [-0.2, -0.15) is 0 Å². The zero-order valence-electron chi connectivity index (χ0n) is 8.03. The van der Waals surface area contributed by atoms with E-state index in [1.165, 1.54) is 0 Å². The van der Waals surface area contributed by atoms with Crippen LogP contribution >= 0.6 is 11.8 Å². The molecular weight excluding hydrogens is 182 g/mol. The Morgan fingerprint density at radius 1 is 1.46 bits per heavy atom. The second-order valence-corrected chi connectivity index (χ2v) is 4.17. The van der Waals surface area contributed by atoms with Gasteiger partial charge in [-0.3, -0.25) is 0 Å². The predicted octanol–water partition coefficient (Wildman–Crippen LogP) is 1.32. The molecule has 0 bridgehead atoms. The van der Waals surface area contributed by atoms with Gasteiger partial charge in [-0.25, -0.2) is 4.98 Å². The summed E-state index contributed by atoms with van der Waals surface area (Å²) in [5, 5.41) is 1.00. The summed E-state index contributed by atoms with van der Waals surface area (Å²) in [7, 11) is 4.13. The maximum Gasteiger partial charge on any atom is 0.124 e. The number of pyridine rings is 1. The highest BCUT2D eigenvalue weighted by Gasteiger charge is 1.96. The van der Waals surface area contributed by atoms with Crippen LogP contribution in [0.1, 0.15) is 0 Å². The van der Waals surface area contributed by atoms with Gasteiger partial charge >= 0.3 is 0 Å². The molecule has 1 heterocycles. The minimum atomic E-state index is 0.592. The second-order valence-electron chi connectivity index (χ2n) is 3.05. The minimum absolute atomic E-state index is 0.592. The number of aromatic nitrogens is 1. The molecule has 1 aromatic rings. The van der Waals surface area contributed by atoms with Gasteiger partial charge in [0.2, 0.25) is 0 Å². The van der Waals surface area contributed by atoms with Crippen LogP contribution in [0.15, 0.2) is 23.2 Å². The van der Waals surface area contributed by atoms with E-state index in [0.29, 0.717) is 5.82 Å². The number of nitrogen functional groups attached to an aromatic ring is 1. The van der Waals surface area contributed by atoms with E-state index < -0.39 is 0 Å². The first-order valence-electron chi connectivity index (χ1n) is 4.18. The normalized spacial score (nSPS) is 10.7. The Kier molecular flexibility index (Phi) is 4.05. The van der Waals surface area contributed by atoms with Crippen LogP contribution in [-0.4, -0.2) is 36.3 Å². The lowest BCUT2D eigenvalue weighted by Gasteiger charge is -2.08. The molecule has 0 aromatic carbocycles. The number of nitrogens with two attached hydrogens (primary N) is 1. The van der Waals surface area contributed by atoms with E-state index in [0.717, 1.165) is 17.3 Å². The number of hydrogen-bond acceptors (Lipinski definition) is 4. The number of thioether (sulfide) groups is 1. The molecule has 0 fully saturated rings. The van der Waals surface area contributed by atoms with Gasteiger partial charge in [0.1, 0.15) is 5.82 Å². The van der Waals surface area contributed by atoms with Crippen LogP contribution in [0.3, 0.4) is 0 Å². The molecule has 0 aliphatic rings. The Morgan fingerprint density at radius 2 is 2.23 bits per heavy atom. The molecule has 0 aliphatic carbocycles. The quantitative estimate of drug-likeness (QED) is 0.739. The highest BCUT2D eigenvalue weighted by molar-refractivity contribution is 7.99. The number of rotatable bonds is 4. The van der Waals surface area contributed by atoms with Crippen LogP contribution in [0, 0.1) is 0 Å². The molecule has 0 amide bonds. The second kappa shape index (κ2) is 5.09. The number of anilines is 1. The third-order valence-corrected chi connectivity index (χ3v) is 2.44. The lowest BCUT2D eigenvalue weighted by molar-refractivity contribution is 0.437. The minimum Gasteiger partial charge on any atom is -0.384 e. The van der Waals surface area contributed by atoms with Crippen LogP contribution in [0.25, 0.3) is 0 Å². The summed E-state index contributed by atoms with van der Waals surface area (Å²) >= 11 is 1.73. The summed E-state index contributed by atoms with van der Waals surface area (Å²) in [6.45, 7) is 1.06. The largest absolute Gasteiger partial charge is 0.384 e. The van der Waals surface area contributed by atoms with Gasteiger partial charge < -0.3 is 10.6 Å². The SMILES string of the molecule is CN(C)CCSc1cccc(N)n1. The van der Waals surface area contributed by atoms with Crippen molar-refractivity contribution in [2.45, 2.75) is 5.03 Å². The van der Waals surface area contributed by atoms with Crippen molar-refractivity contribution in [2.75, 3.05) is 32.1 Å². The van der Waals surface area contributed by atoms with Gasteiger partial charge in [-0.15, -0.1) is 11.8 Å². The van der Waals surface area contributed by atoms with Gasteiger partial charge in [0.15, 0.2) is 0 Å². The maximum absolute atomic E-state index is 5.56. The van der Waals surface area contributed by atoms with Crippen LogP contribution < -0.4 is 5.73 Å². The average Bonchev–Trinajstić information content (AvgIpc) is 2.03. The first-order valence-corrected chi connectivity index (χ1v) is 5.17. The highest BCUT2D eigenvalue weighted by atomic mass is 32.2. The Hall–Kier alpha value is -0.740. The molecule has 4 heteroatoms. The summed E-state index contributed by atoms with van der Waals surface area (Å²) in [5.41, 5.74) is 5.56. The van der Waals surface area contributed by atoms with Gasteiger partial charge in [-0.05, 0) is 26.2 Å². The van der Waals surface area contributed by atoms with E-state index in [1.807, 2.05) is 12.1 Å². The fraction of sp³-hybridized carbons (Fsp3) is 0.444. The molecule has 2 N–H and O–H groups in total. The fourth-order valence-corrected chi connectivity index (χ4v) is 1.85. The standard InChI is InChI=1S/C9H15N3S/c1-12(2)6-7-13-9-5-3-4-8(10)11-9/h3-5H,6-7H2,1-2H3,(H2,10,11). The number of hydrogen-bond donors (Lipinski definition) is 1. The Balaban J connectivity index is 2.37. The van der Waals surface area contributed by atoms with Crippen molar-refractivity contribution in [2.24, 2.45) is 0 Å². The van der Waals surface area contributed by atoms with Gasteiger partial charge in [-0.1, -0.05) is 6.07 Å². The molecular formula is C9H15N3S. The van der Waals surface area contributed by atoms with E-state index in [1.54, 1.807) is 17.8 Å². The average molecular weight is 197 g/mol. The molecule has 13 heavy (non-hydrogen) atoms. The van der Waals surface area contributed by atoms with Crippen molar-refractivity contribution in [1.29, 1.82) is 0 Å². The fourth-order valence-electron chi connectivity index (χ4n) is 0.844. The molecule has 72 valence electrons. The van der Waals surface area contributed by atoms with Crippen LogP contribution in [0.4, 0.5) is 5.82 Å². The Labute approximate surface area is 83.3 Å². The highest BCUT2D eigenvalue weighted by Crippen LogP contribution is 2.15. The van der Waals surface area contributed by atoms with Gasteiger partial charge in [0, 0.05) is 12.3 Å². The van der Waals surface area contributed by atoms with Crippen molar-refractivity contribution in [3.63, 3.8) is 0 Å². The van der Waals surface area contributed by atoms with E-state index in [-0.39, 0.29) is 0 Å². The van der Waals surface area contributed by atoms with Crippen molar-refractivity contribution < 1.29 is 0 Å². The molecule has 1 aromatic heterocycles. The van der Waals surface area contributed by atoms with Crippen LogP contribution in [-0.2, 0) is 0 Å². The number of nitrogens with zero attached hydrogens (tertiary/aromatic N) is 2. The first kappa shape index (κ1) is 10.3. The summed E-state index contributed by atoms with van der Waals surface area (Å²) < 4.78 is 0. The molecule has 0 saturated carbocycles. The van der Waals surface area contributed by atoms with Crippen molar-refractivity contribution in [1.82, 2.24) is 9.88 Å². The van der Waals surface area contributed by atoms with Crippen LogP contribution in [0.2, 0.25) is 0 Å². The first-order chi connectivity index (χ1) is 6.18. The monoisotopic (exact) mass is 197 g/mol. The van der Waals surface area contributed by atoms with E-state index in [9.17, 15) is 0 Å². The molecule has 0 unspecified atom stereocenters. The van der Waals surface area contributed by atoms with Crippen molar-refractivity contribution >= 4 is 17.6 Å². The lowest BCUT2D eigenvalue weighted by Crippen LogP contribution is -2.14. The molecule has 0 atom stereocenters. The lowest BCUT2D eigenvalue weighted by atomic mass is 10.5. The summed E-state index contributed by atoms with van der Waals surface area (Å²) in [6.07, 6.45) is 0. The molecule has 0 radical (unpaired) electrons. The third kappa shape index (κ3) is 4.15. The molecule has 0 spiro atoms. The third-order valence-electron chi connectivity index (χ3n) is 1.53. The molecule has 0 saturated heterocycles. The molecule has 1 rings (SSSR count). The van der Waals surface area contributed by atoms with Gasteiger partial charge in [0.25, 0.3) is 0 Å². The van der Waals surface area contributed by atoms with E-state index in [2.05, 4.69) is 24.0 Å². The predicted molar refractivity (Wildman–Crippen MR) is 57.9 cm³/mol. The van der Waals surface area contributed by atoms with E-state index in [4.69, 9.17) is 5.73 Å². The molecule has 3 nitrogen and oxygen atoms in total. The Bertz CT molecular complexity index is 263. The van der Waals surface area contributed by atoms with Crippen molar-refractivity contribution in [3.8, 4) is 0 Å². The van der Waals surface area contributed by atoms with Gasteiger partial charge in [0.05, 0.1) is 5.03 Å². The smallest absolute Gasteiger partial charge is 0.124 e. The summed E-state index contributed by atoms with van der Waals surface area (Å²) in [4.78, 5) is 6.34. The van der Waals surface area contributed by atoms with Crippen LogP contribution in [0.5, 0.6) is 0 Å². The zero-order chi connectivity index (χ0) is 9.68. The summed E-state index contributed by atoms with van der Waals surface area (Å²) in [6, 6.07) is 5.72.